The average Bonchev–Trinajstić information content (AvgIpc) is 2.80. The van der Waals surface area contributed by atoms with Crippen LogP contribution in [0.4, 0.5) is 13.2 Å². The molecule has 0 saturated heterocycles. The molecule has 0 radical (unpaired) electrons. The number of nitriles is 1. The number of allylic oxidation sites excluding steroid dienone is 1. The lowest BCUT2D eigenvalue weighted by Gasteiger charge is -2.21. The third-order valence-electron chi connectivity index (χ3n) is 5.47. The smallest absolute Gasteiger partial charge is 0.352 e. The third kappa shape index (κ3) is 9.57. The van der Waals surface area contributed by atoms with Crippen LogP contribution < -0.4 is 5.32 Å². The molecule has 0 aromatic heterocycles. The Hall–Kier alpha value is -3.73. The van der Waals surface area contributed by atoms with Crippen LogP contribution >= 0.6 is 0 Å². The van der Waals surface area contributed by atoms with Gasteiger partial charge in [-0.05, 0) is 48.6 Å². The predicted octanol–water partition coefficient (Wildman–Crippen LogP) is 5.70. The van der Waals surface area contributed by atoms with E-state index in [0.29, 0.717) is 18.5 Å². The molecule has 0 heterocycles. The molecule has 2 rings (SSSR count). The topological polar surface area (TPSA) is 77.6 Å². The van der Waals surface area contributed by atoms with Gasteiger partial charge < -0.3 is 5.32 Å². The van der Waals surface area contributed by atoms with Crippen molar-refractivity contribution in [2.24, 2.45) is 15.4 Å². The molecular formula is C27H29F3N4O. The number of nitrogens with zero attached hydrogens (tertiary/aromatic N) is 3. The number of halogens is 3. The zero-order chi connectivity index (χ0) is 25.9. The number of Topliss-reactive ketones (excluding diaryl/α,β-unsaturated/α-hetero) is 1. The van der Waals surface area contributed by atoms with Crippen molar-refractivity contribution < 1.29 is 18.0 Å². The molecule has 0 atom stereocenters. The highest BCUT2D eigenvalue weighted by Gasteiger charge is 2.29. The van der Waals surface area contributed by atoms with Gasteiger partial charge in [-0.3, -0.25) is 14.8 Å². The van der Waals surface area contributed by atoms with Crippen LogP contribution in [0.3, 0.4) is 0 Å². The van der Waals surface area contributed by atoms with Gasteiger partial charge in [0, 0.05) is 24.4 Å². The van der Waals surface area contributed by atoms with Gasteiger partial charge in [0.05, 0.1) is 24.0 Å². The maximum Gasteiger partial charge on any atom is 0.416 e. The molecule has 1 N–H and O–H groups in total. The summed E-state index contributed by atoms with van der Waals surface area (Å²) in [6, 6.07) is 14.9. The summed E-state index contributed by atoms with van der Waals surface area (Å²) >= 11 is 0. The molecule has 184 valence electrons. The molecule has 0 fully saturated rings. The zero-order valence-corrected chi connectivity index (χ0v) is 20.1. The molecule has 0 bridgehead atoms. The minimum Gasteiger partial charge on any atom is -0.352 e. The number of hydrogen-bond donors (Lipinski definition) is 1. The van der Waals surface area contributed by atoms with E-state index in [1.54, 1.807) is 6.92 Å². The van der Waals surface area contributed by atoms with Gasteiger partial charge in [0.2, 0.25) is 0 Å². The van der Waals surface area contributed by atoms with Crippen molar-refractivity contribution in [1.29, 1.82) is 5.26 Å². The molecule has 0 aliphatic heterocycles. The van der Waals surface area contributed by atoms with E-state index in [9.17, 15) is 23.2 Å². The lowest BCUT2D eigenvalue weighted by Crippen LogP contribution is -2.24. The molecule has 0 saturated carbocycles. The number of benzene rings is 2. The minimum atomic E-state index is -4.37. The molecule has 0 amide bonds. The van der Waals surface area contributed by atoms with Crippen LogP contribution in [0.15, 0.2) is 70.3 Å². The number of alkyl halides is 3. The van der Waals surface area contributed by atoms with Crippen molar-refractivity contribution >= 4 is 18.3 Å². The van der Waals surface area contributed by atoms with Crippen LogP contribution in [0.1, 0.15) is 43.0 Å². The maximum atomic E-state index is 12.6. The van der Waals surface area contributed by atoms with Crippen LogP contribution in [0.25, 0.3) is 0 Å². The van der Waals surface area contributed by atoms with Crippen molar-refractivity contribution in [3.05, 3.63) is 82.6 Å². The monoisotopic (exact) mass is 482 g/mol. The van der Waals surface area contributed by atoms with Crippen molar-refractivity contribution in [3.63, 3.8) is 0 Å². The van der Waals surface area contributed by atoms with Crippen molar-refractivity contribution in [1.82, 2.24) is 5.32 Å². The molecule has 0 aliphatic rings. The highest BCUT2D eigenvalue weighted by molar-refractivity contribution is 5.84. The van der Waals surface area contributed by atoms with Gasteiger partial charge >= 0.3 is 6.18 Å². The highest BCUT2D eigenvalue weighted by Crippen LogP contribution is 2.29. The minimum absolute atomic E-state index is 0.163. The molecule has 0 unspecified atom stereocenters. The van der Waals surface area contributed by atoms with E-state index in [2.05, 4.69) is 15.3 Å². The van der Waals surface area contributed by atoms with Crippen LogP contribution in [-0.4, -0.2) is 24.9 Å². The molecule has 8 heteroatoms. The fourth-order valence-electron chi connectivity index (χ4n) is 3.04. The summed E-state index contributed by atoms with van der Waals surface area (Å²) in [6.07, 6.45) is 1.37. The molecule has 5 nitrogen and oxygen atoms in total. The first kappa shape index (κ1) is 27.5. The molecular weight excluding hydrogens is 453 g/mol. The third-order valence-corrected chi connectivity index (χ3v) is 5.47. The first-order valence-electron chi connectivity index (χ1n) is 11.1. The second kappa shape index (κ2) is 12.7. The summed E-state index contributed by atoms with van der Waals surface area (Å²) in [5.41, 5.74) is 2.03. The number of ketones is 1. The lowest BCUT2D eigenvalue weighted by molar-refractivity contribution is -0.137. The fourth-order valence-corrected chi connectivity index (χ4v) is 3.04. The summed E-state index contributed by atoms with van der Waals surface area (Å²) in [7, 11) is 0. The van der Waals surface area contributed by atoms with Crippen LogP contribution in [0.2, 0.25) is 0 Å². The molecule has 2 aromatic carbocycles. The summed E-state index contributed by atoms with van der Waals surface area (Å²) < 4.78 is 37.8. The normalized spacial score (nSPS) is 12.8. The second-order valence-electron chi connectivity index (χ2n) is 8.76. The van der Waals surface area contributed by atoms with E-state index in [1.807, 2.05) is 44.2 Å². The first-order chi connectivity index (χ1) is 16.5. The standard InChI is InChI=1S/C27H29F3N4O/c1-20(35)26(2,3)14-22-6-4-21(5-7-22)12-13-32-19-34-18-24(15-31)17-33-16-23-8-10-25(11-9-23)27(28,29)30/h4-11,17-19H,12-14,16H2,1-3H3,(H,32,34)/b24-18-,33-17?. The van der Waals surface area contributed by atoms with E-state index >= 15 is 0 Å². The summed E-state index contributed by atoms with van der Waals surface area (Å²) in [4.78, 5) is 20.1. The number of rotatable bonds is 11. The molecule has 35 heavy (non-hydrogen) atoms. The van der Waals surface area contributed by atoms with Gasteiger partial charge in [-0.25, -0.2) is 0 Å². The maximum absolute atomic E-state index is 12.6. The molecule has 2 aromatic rings. The Morgan fingerprint density at radius 2 is 1.60 bits per heavy atom. The van der Waals surface area contributed by atoms with Crippen molar-refractivity contribution in [2.45, 2.75) is 46.3 Å². The molecule has 0 spiro atoms. The van der Waals surface area contributed by atoms with Gasteiger partial charge in [0.25, 0.3) is 0 Å². The number of carbonyl (C=O) groups is 1. The number of aliphatic imine (C=N–C) groups is 2. The van der Waals surface area contributed by atoms with E-state index in [1.165, 1.54) is 30.9 Å². The van der Waals surface area contributed by atoms with E-state index in [4.69, 9.17) is 0 Å². The SMILES string of the molecule is CC(=O)C(C)(C)Cc1ccc(CCN=CN/C=C(/C#N)C=NCc2ccc(C(F)(F)F)cc2)cc1. The fraction of sp³-hybridized carbons (Fsp3) is 0.333. The number of hydrogen-bond acceptors (Lipinski definition) is 4. The molecule has 0 aliphatic carbocycles. The van der Waals surface area contributed by atoms with Gasteiger partial charge in [-0.15, -0.1) is 0 Å². The van der Waals surface area contributed by atoms with Crippen LogP contribution in [0.5, 0.6) is 0 Å². The van der Waals surface area contributed by atoms with Gasteiger partial charge in [-0.1, -0.05) is 50.2 Å². The highest BCUT2D eigenvalue weighted by atomic mass is 19.4. The van der Waals surface area contributed by atoms with E-state index < -0.39 is 11.7 Å². The number of carbonyl (C=O) groups excluding carboxylic acids is 1. The number of nitrogens with one attached hydrogen (secondary N) is 1. The van der Waals surface area contributed by atoms with Gasteiger partial charge in [-0.2, -0.15) is 18.4 Å². The Labute approximate surface area is 204 Å². The predicted molar refractivity (Wildman–Crippen MR) is 132 cm³/mol. The van der Waals surface area contributed by atoms with Crippen LogP contribution in [-0.2, 0) is 30.4 Å². The van der Waals surface area contributed by atoms with E-state index in [0.717, 1.165) is 29.7 Å². The zero-order valence-electron chi connectivity index (χ0n) is 20.1. The quantitative estimate of drug-likeness (QED) is 0.253. The Morgan fingerprint density at radius 3 is 2.17 bits per heavy atom. The Balaban J connectivity index is 1.77. The van der Waals surface area contributed by atoms with E-state index in [-0.39, 0.29) is 23.3 Å². The van der Waals surface area contributed by atoms with Gasteiger partial charge in [0.1, 0.15) is 11.9 Å². The first-order valence-corrected chi connectivity index (χ1v) is 11.1. The second-order valence-corrected chi connectivity index (χ2v) is 8.76. The Bertz CT molecular complexity index is 1110. The Morgan fingerprint density at radius 1 is 1.00 bits per heavy atom. The lowest BCUT2D eigenvalue weighted by atomic mass is 9.82. The summed E-state index contributed by atoms with van der Waals surface area (Å²) in [5.74, 6) is 0.169. The van der Waals surface area contributed by atoms with Gasteiger partial charge in [0.15, 0.2) is 0 Å². The van der Waals surface area contributed by atoms with Crippen LogP contribution in [0, 0.1) is 16.7 Å². The van der Waals surface area contributed by atoms with Crippen molar-refractivity contribution in [3.8, 4) is 6.07 Å². The summed E-state index contributed by atoms with van der Waals surface area (Å²) in [6.45, 7) is 6.23. The summed E-state index contributed by atoms with van der Waals surface area (Å²) in [5, 5.41) is 12.0. The average molecular weight is 483 g/mol. The largest absolute Gasteiger partial charge is 0.416 e. The van der Waals surface area contributed by atoms with Crippen molar-refractivity contribution in [2.75, 3.05) is 6.54 Å². The Kier molecular flexibility index (Phi) is 9.95.